The van der Waals surface area contributed by atoms with Gasteiger partial charge in [0.15, 0.2) is 0 Å². The van der Waals surface area contributed by atoms with Crippen LogP contribution in [0.15, 0.2) is 30.3 Å². The number of aliphatic carboxylic acids is 1. The van der Waals surface area contributed by atoms with Crippen LogP contribution in [0, 0.1) is 11.3 Å². The van der Waals surface area contributed by atoms with E-state index in [1.54, 1.807) is 6.92 Å². The van der Waals surface area contributed by atoms with Gasteiger partial charge in [-0.1, -0.05) is 49.6 Å². The smallest absolute Gasteiger partial charge is 0.310 e. The summed E-state index contributed by atoms with van der Waals surface area (Å²) in [5.41, 5.74) is -0.112. The van der Waals surface area contributed by atoms with Gasteiger partial charge in [0.2, 0.25) is 0 Å². The van der Waals surface area contributed by atoms with Gasteiger partial charge in [0.1, 0.15) is 6.61 Å². The summed E-state index contributed by atoms with van der Waals surface area (Å²) in [6, 6.07) is 9.42. The number of carbonyl (C=O) groups is 2. The summed E-state index contributed by atoms with van der Waals surface area (Å²) in [5.74, 6) is -1.27. The standard InChI is InChI=1S/C18H24O4/c1-18(17(20)21,15-10-6-3-7-11-15)12-16(19)22-13-14-8-4-2-5-9-14/h2,4-5,8-9,15H,3,6-7,10-13H2,1H3,(H,20,21). The summed E-state index contributed by atoms with van der Waals surface area (Å²) in [4.78, 5) is 23.8. The average Bonchev–Trinajstić information content (AvgIpc) is 2.54. The Bertz CT molecular complexity index is 505. The molecule has 0 bridgehead atoms. The fourth-order valence-electron chi connectivity index (χ4n) is 3.22. The number of ether oxygens (including phenoxy) is 1. The maximum Gasteiger partial charge on any atom is 0.310 e. The summed E-state index contributed by atoms with van der Waals surface area (Å²) in [7, 11) is 0. The second-order valence-electron chi connectivity index (χ2n) is 6.38. The molecule has 0 aliphatic heterocycles. The van der Waals surface area contributed by atoms with Crippen molar-refractivity contribution in [1.82, 2.24) is 0 Å². The van der Waals surface area contributed by atoms with Gasteiger partial charge in [-0.2, -0.15) is 0 Å². The van der Waals surface area contributed by atoms with Gasteiger partial charge in [-0.25, -0.2) is 0 Å². The fourth-order valence-corrected chi connectivity index (χ4v) is 3.22. The molecule has 1 aliphatic rings. The van der Waals surface area contributed by atoms with Crippen molar-refractivity contribution in [3.8, 4) is 0 Å². The van der Waals surface area contributed by atoms with E-state index in [4.69, 9.17) is 4.74 Å². The van der Waals surface area contributed by atoms with Gasteiger partial charge in [0.05, 0.1) is 11.8 Å². The topological polar surface area (TPSA) is 63.6 Å². The van der Waals surface area contributed by atoms with Gasteiger partial charge < -0.3 is 9.84 Å². The minimum atomic E-state index is -1.02. The molecule has 4 nitrogen and oxygen atoms in total. The molecule has 1 aromatic rings. The normalized spacial score (nSPS) is 18.4. The molecule has 1 N–H and O–H groups in total. The van der Waals surface area contributed by atoms with Crippen LogP contribution in [-0.2, 0) is 20.9 Å². The third kappa shape index (κ3) is 4.09. The number of hydrogen-bond acceptors (Lipinski definition) is 3. The van der Waals surface area contributed by atoms with E-state index >= 15 is 0 Å². The Morgan fingerprint density at radius 1 is 1.18 bits per heavy atom. The van der Waals surface area contributed by atoms with Crippen LogP contribution in [0.2, 0.25) is 0 Å². The Labute approximate surface area is 131 Å². The molecule has 0 aromatic heterocycles. The molecule has 1 fully saturated rings. The van der Waals surface area contributed by atoms with Gasteiger partial charge in [-0.15, -0.1) is 0 Å². The Kier molecular flexibility index (Phi) is 5.58. The molecule has 1 atom stereocenters. The van der Waals surface area contributed by atoms with Crippen molar-refractivity contribution in [3.05, 3.63) is 35.9 Å². The monoisotopic (exact) mass is 304 g/mol. The summed E-state index contributed by atoms with van der Waals surface area (Å²) in [6.45, 7) is 1.88. The second-order valence-corrected chi connectivity index (χ2v) is 6.38. The van der Waals surface area contributed by atoms with Gasteiger partial charge >= 0.3 is 11.9 Å². The number of hydrogen-bond donors (Lipinski definition) is 1. The minimum Gasteiger partial charge on any atom is -0.481 e. The third-order valence-corrected chi connectivity index (χ3v) is 4.75. The molecule has 0 amide bonds. The van der Waals surface area contributed by atoms with E-state index < -0.39 is 17.4 Å². The first-order valence-corrected chi connectivity index (χ1v) is 7.95. The predicted octanol–water partition coefficient (Wildman–Crippen LogP) is 3.79. The van der Waals surface area contributed by atoms with Crippen LogP contribution in [0.3, 0.4) is 0 Å². The number of carboxylic acid groups (broad SMARTS) is 1. The zero-order valence-corrected chi connectivity index (χ0v) is 13.1. The van der Waals surface area contributed by atoms with Crippen molar-refractivity contribution < 1.29 is 19.4 Å². The van der Waals surface area contributed by atoms with E-state index in [1.165, 1.54) is 0 Å². The molecule has 120 valence electrons. The van der Waals surface area contributed by atoms with E-state index in [1.807, 2.05) is 30.3 Å². The van der Waals surface area contributed by atoms with E-state index in [9.17, 15) is 14.7 Å². The number of carbonyl (C=O) groups excluding carboxylic acids is 1. The lowest BCUT2D eigenvalue weighted by atomic mass is 9.68. The van der Waals surface area contributed by atoms with Crippen molar-refractivity contribution in [2.24, 2.45) is 11.3 Å². The van der Waals surface area contributed by atoms with E-state index in [0.717, 1.165) is 37.7 Å². The molecule has 0 spiro atoms. The molecule has 0 heterocycles. The molecule has 0 radical (unpaired) electrons. The SMILES string of the molecule is CC(CC(=O)OCc1ccccc1)(C(=O)O)C1CCCCC1. The zero-order chi connectivity index (χ0) is 16.0. The molecule has 2 rings (SSSR count). The first-order valence-electron chi connectivity index (χ1n) is 7.95. The highest BCUT2D eigenvalue weighted by Gasteiger charge is 2.43. The van der Waals surface area contributed by atoms with Crippen LogP contribution in [-0.4, -0.2) is 17.0 Å². The van der Waals surface area contributed by atoms with Gasteiger partial charge in [0.25, 0.3) is 0 Å². The van der Waals surface area contributed by atoms with Crippen LogP contribution in [0.5, 0.6) is 0 Å². The Balaban J connectivity index is 1.95. The van der Waals surface area contributed by atoms with Gasteiger partial charge in [0, 0.05) is 0 Å². The van der Waals surface area contributed by atoms with Crippen molar-refractivity contribution in [3.63, 3.8) is 0 Å². The Morgan fingerprint density at radius 3 is 2.41 bits per heavy atom. The highest BCUT2D eigenvalue weighted by atomic mass is 16.5. The van der Waals surface area contributed by atoms with Gasteiger partial charge in [-0.3, -0.25) is 9.59 Å². The zero-order valence-electron chi connectivity index (χ0n) is 13.1. The molecule has 1 unspecified atom stereocenters. The highest BCUT2D eigenvalue weighted by Crippen LogP contribution is 2.41. The van der Waals surface area contributed by atoms with Crippen molar-refractivity contribution in [1.29, 1.82) is 0 Å². The van der Waals surface area contributed by atoms with Crippen molar-refractivity contribution in [2.45, 2.75) is 52.1 Å². The van der Waals surface area contributed by atoms with Crippen molar-refractivity contribution in [2.75, 3.05) is 0 Å². The Morgan fingerprint density at radius 2 is 1.82 bits per heavy atom. The van der Waals surface area contributed by atoms with E-state index in [0.29, 0.717) is 0 Å². The summed E-state index contributed by atoms with van der Waals surface area (Å²) in [6.07, 6.45) is 4.97. The molecule has 1 aromatic carbocycles. The third-order valence-electron chi connectivity index (χ3n) is 4.75. The lowest BCUT2D eigenvalue weighted by molar-refractivity contribution is -0.162. The number of rotatable bonds is 6. The van der Waals surface area contributed by atoms with Gasteiger partial charge in [-0.05, 0) is 31.2 Å². The first-order chi connectivity index (χ1) is 10.5. The van der Waals surface area contributed by atoms with Crippen LogP contribution < -0.4 is 0 Å². The predicted molar refractivity (Wildman–Crippen MR) is 83.2 cm³/mol. The number of carboxylic acids is 1. The molecule has 4 heteroatoms. The molecular weight excluding hydrogens is 280 g/mol. The van der Waals surface area contributed by atoms with Crippen molar-refractivity contribution >= 4 is 11.9 Å². The summed E-state index contributed by atoms with van der Waals surface area (Å²) in [5, 5.41) is 9.61. The number of benzene rings is 1. The van der Waals surface area contributed by atoms with E-state index in [2.05, 4.69) is 0 Å². The quantitative estimate of drug-likeness (QED) is 0.812. The maximum absolute atomic E-state index is 12.1. The van der Waals surface area contributed by atoms with Crippen LogP contribution >= 0.6 is 0 Å². The second kappa shape index (κ2) is 7.43. The average molecular weight is 304 g/mol. The summed E-state index contributed by atoms with van der Waals surface area (Å²) < 4.78 is 5.26. The largest absolute Gasteiger partial charge is 0.481 e. The van der Waals surface area contributed by atoms with E-state index in [-0.39, 0.29) is 18.9 Å². The van der Waals surface area contributed by atoms with Crippen LogP contribution in [0.4, 0.5) is 0 Å². The Hall–Kier alpha value is -1.84. The first kappa shape index (κ1) is 16.5. The molecule has 1 saturated carbocycles. The number of esters is 1. The van der Waals surface area contributed by atoms with Crippen LogP contribution in [0.1, 0.15) is 51.0 Å². The lowest BCUT2D eigenvalue weighted by Crippen LogP contribution is -2.39. The molecular formula is C18H24O4. The molecule has 0 saturated heterocycles. The summed E-state index contributed by atoms with van der Waals surface area (Å²) >= 11 is 0. The molecule has 22 heavy (non-hydrogen) atoms. The maximum atomic E-state index is 12.1. The highest BCUT2D eigenvalue weighted by molar-refractivity contribution is 5.82. The fraction of sp³-hybridized carbons (Fsp3) is 0.556. The lowest BCUT2D eigenvalue weighted by Gasteiger charge is -2.35. The minimum absolute atomic E-state index is 0.0557. The van der Waals surface area contributed by atoms with Crippen LogP contribution in [0.25, 0.3) is 0 Å². The molecule has 1 aliphatic carbocycles.